The molecule has 1 atom stereocenters. The molecule has 21 heavy (non-hydrogen) atoms. The van der Waals surface area contributed by atoms with Gasteiger partial charge in [-0.3, -0.25) is 0 Å². The fourth-order valence-corrected chi connectivity index (χ4v) is 2.41. The standard InChI is InChI=1S/C17H25N3O/c1-4-6-8-14(5-2)13-21-16-10-7-9-15(11-16)17-12-18-19-20(17)3/h7,9-12,14H,4-6,8,13H2,1-3H3. The number of ether oxygens (including phenoxy) is 1. The third-order valence-electron chi connectivity index (χ3n) is 3.87. The van der Waals surface area contributed by atoms with E-state index in [1.165, 1.54) is 25.7 Å². The second-order valence-corrected chi connectivity index (χ2v) is 5.50. The zero-order chi connectivity index (χ0) is 15.1. The van der Waals surface area contributed by atoms with Crippen LogP contribution in [0.2, 0.25) is 0 Å². The number of aromatic nitrogens is 3. The van der Waals surface area contributed by atoms with Gasteiger partial charge >= 0.3 is 0 Å². The summed E-state index contributed by atoms with van der Waals surface area (Å²) >= 11 is 0. The SMILES string of the molecule is CCCCC(CC)COc1cccc(-c2cnnn2C)c1. The number of nitrogens with zero attached hydrogens (tertiary/aromatic N) is 3. The van der Waals surface area contributed by atoms with Crippen LogP contribution < -0.4 is 4.74 Å². The van der Waals surface area contributed by atoms with Crippen molar-refractivity contribution in [3.63, 3.8) is 0 Å². The van der Waals surface area contributed by atoms with Crippen molar-refractivity contribution in [1.82, 2.24) is 15.0 Å². The van der Waals surface area contributed by atoms with Gasteiger partial charge in [-0.1, -0.05) is 50.5 Å². The molecule has 2 rings (SSSR count). The predicted molar refractivity (Wildman–Crippen MR) is 85.2 cm³/mol. The van der Waals surface area contributed by atoms with Crippen LogP contribution >= 0.6 is 0 Å². The van der Waals surface area contributed by atoms with Gasteiger partial charge in [-0.05, 0) is 24.5 Å². The summed E-state index contributed by atoms with van der Waals surface area (Å²) < 4.78 is 7.76. The molecule has 0 aliphatic rings. The number of rotatable bonds is 8. The van der Waals surface area contributed by atoms with Gasteiger partial charge in [0.1, 0.15) is 5.75 Å². The number of aryl methyl sites for hydroxylation is 1. The van der Waals surface area contributed by atoms with Crippen LogP contribution in [0.4, 0.5) is 0 Å². The highest BCUT2D eigenvalue weighted by molar-refractivity contribution is 5.60. The molecule has 1 unspecified atom stereocenters. The molecule has 0 radical (unpaired) electrons. The topological polar surface area (TPSA) is 39.9 Å². The lowest BCUT2D eigenvalue weighted by Crippen LogP contribution is -2.11. The smallest absolute Gasteiger partial charge is 0.119 e. The van der Waals surface area contributed by atoms with Gasteiger partial charge in [0, 0.05) is 12.6 Å². The molecular weight excluding hydrogens is 262 g/mol. The number of unbranched alkanes of at least 4 members (excludes halogenated alkanes) is 1. The van der Waals surface area contributed by atoms with Gasteiger partial charge in [0.25, 0.3) is 0 Å². The molecule has 0 saturated carbocycles. The van der Waals surface area contributed by atoms with E-state index in [2.05, 4.69) is 36.3 Å². The molecule has 114 valence electrons. The molecule has 4 nitrogen and oxygen atoms in total. The van der Waals surface area contributed by atoms with Crippen LogP contribution in [-0.4, -0.2) is 21.6 Å². The summed E-state index contributed by atoms with van der Waals surface area (Å²) in [6.07, 6.45) is 6.72. The Kier molecular flexibility index (Phi) is 5.78. The highest BCUT2D eigenvalue weighted by atomic mass is 16.5. The van der Waals surface area contributed by atoms with E-state index in [0.717, 1.165) is 23.6 Å². The van der Waals surface area contributed by atoms with E-state index in [1.807, 2.05) is 19.2 Å². The summed E-state index contributed by atoms with van der Waals surface area (Å²) in [6.45, 7) is 5.27. The average Bonchev–Trinajstić information content (AvgIpc) is 2.94. The van der Waals surface area contributed by atoms with E-state index < -0.39 is 0 Å². The Morgan fingerprint density at radius 2 is 2.14 bits per heavy atom. The van der Waals surface area contributed by atoms with Crippen LogP contribution in [0.25, 0.3) is 11.3 Å². The molecule has 0 spiro atoms. The first kappa shape index (κ1) is 15.5. The van der Waals surface area contributed by atoms with E-state index in [9.17, 15) is 0 Å². The van der Waals surface area contributed by atoms with E-state index in [0.29, 0.717) is 5.92 Å². The Morgan fingerprint density at radius 1 is 1.29 bits per heavy atom. The molecule has 1 heterocycles. The molecule has 0 aliphatic heterocycles. The third-order valence-corrected chi connectivity index (χ3v) is 3.87. The number of benzene rings is 1. The van der Waals surface area contributed by atoms with Gasteiger partial charge in [0.2, 0.25) is 0 Å². The van der Waals surface area contributed by atoms with Gasteiger partial charge in [-0.15, -0.1) is 5.10 Å². The average molecular weight is 287 g/mol. The molecule has 0 aliphatic carbocycles. The van der Waals surface area contributed by atoms with Gasteiger partial charge in [-0.2, -0.15) is 0 Å². The summed E-state index contributed by atoms with van der Waals surface area (Å²) in [4.78, 5) is 0. The summed E-state index contributed by atoms with van der Waals surface area (Å²) in [5.74, 6) is 1.57. The normalized spacial score (nSPS) is 12.3. The van der Waals surface area contributed by atoms with E-state index in [1.54, 1.807) is 10.9 Å². The maximum absolute atomic E-state index is 5.98. The van der Waals surface area contributed by atoms with Crippen molar-refractivity contribution in [2.24, 2.45) is 13.0 Å². The Bertz CT molecular complexity index is 550. The zero-order valence-corrected chi connectivity index (χ0v) is 13.2. The van der Waals surface area contributed by atoms with Crippen LogP contribution in [0.15, 0.2) is 30.5 Å². The Balaban J connectivity index is 2.00. The van der Waals surface area contributed by atoms with Crippen LogP contribution in [0.3, 0.4) is 0 Å². The second kappa shape index (κ2) is 7.81. The molecule has 1 aromatic heterocycles. The van der Waals surface area contributed by atoms with Crippen LogP contribution in [-0.2, 0) is 7.05 Å². The summed E-state index contributed by atoms with van der Waals surface area (Å²) in [5.41, 5.74) is 2.08. The fraction of sp³-hybridized carbons (Fsp3) is 0.529. The van der Waals surface area contributed by atoms with Gasteiger partial charge in [-0.25, -0.2) is 4.68 Å². The van der Waals surface area contributed by atoms with Crippen molar-refractivity contribution in [3.05, 3.63) is 30.5 Å². The summed E-state index contributed by atoms with van der Waals surface area (Å²) in [5, 5.41) is 7.89. The molecule has 0 amide bonds. The van der Waals surface area contributed by atoms with Gasteiger partial charge in [0.15, 0.2) is 0 Å². The quantitative estimate of drug-likeness (QED) is 0.734. The first-order chi connectivity index (χ1) is 10.2. The molecule has 4 heteroatoms. The molecule has 0 saturated heterocycles. The minimum Gasteiger partial charge on any atom is -0.493 e. The van der Waals surface area contributed by atoms with E-state index in [4.69, 9.17) is 4.74 Å². The molecule has 2 aromatic rings. The molecule has 0 fully saturated rings. The zero-order valence-electron chi connectivity index (χ0n) is 13.2. The maximum Gasteiger partial charge on any atom is 0.119 e. The van der Waals surface area contributed by atoms with Crippen molar-refractivity contribution < 1.29 is 4.74 Å². The first-order valence-corrected chi connectivity index (χ1v) is 7.82. The number of hydrogen-bond acceptors (Lipinski definition) is 3. The minimum absolute atomic E-state index is 0.645. The molecule has 0 N–H and O–H groups in total. The van der Waals surface area contributed by atoms with E-state index in [-0.39, 0.29) is 0 Å². The molecule has 0 bridgehead atoms. The van der Waals surface area contributed by atoms with Crippen LogP contribution in [0, 0.1) is 5.92 Å². The minimum atomic E-state index is 0.645. The predicted octanol–water partition coefficient (Wildman–Crippen LogP) is 4.08. The first-order valence-electron chi connectivity index (χ1n) is 7.82. The monoisotopic (exact) mass is 287 g/mol. The lowest BCUT2D eigenvalue weighted by molar-refractivity contribution is 0.233. The summed E-state index contributed by atoms with van der Waals surface area (Å²) in [6, 6.07) is 8.15. The lowest BCUT2D eigenvalue weighted by Gasteiger charge is -2.16. The van der Waals surface area contributed by atoms with Crippen molar-refractivity contribution >= 4 is 0 Å². The largest absolute Gasteiger partial charge is 0.493 e. The number of hydrogen-bond donors (Lipinski definition) is 0. The molecule has 1 aromatic carbocycles. The Morgan fingerprint density at radius 3 is 2.81 bits per heavy atom. The highest BCUT2D eigenvalue weighted by Gasteiger charge is 2.08. The highest BCUT2D eigenvalue weighted by Crippen LogP contribution is 2.23. The third kappa shape index (κ3) is 4.31. The van der Waals surface area contributed by atoms with Crippen molar-refractivity contribution in [2.45, 2.75) is 39.5 Å². The Labute approximate surface area is 127 Å². The van der Waals surface area contributed by atoms with Gasteiger partial charge < -0.3 is 4.74 Å². The second-order valence-electron chi connectivity index (χ2n) is 5.50. The van der Waals surface area contributed by atoms with Crippen LogP contribution in [0.1, 0.15) is 39.5 Å². The van der Waals surface area contributed by atoms with Crippen molar-refractivity contribution in [3.8, 4) is 17.0 Å². The maximum atomic E-state index is 5.98. The van der Waals surface area contributed by atoms with Crippen molar-refractivity contribution in [1.29, 1.82) is 0 Å². The van der Waals surface area contributed by atoms with Crippen LogP contribution in [0.5, 0.6) is 5.75 Å². The van der Waals surface area contributed by atoms with Gasteiger partial charge in [0.05, 0.1) is 18.5 Å². The molecular formula is C17H25N3O. The lowest BCUT2D eigenvalue weighted by atomic mass is 10.0. The fourth-order valence-electron chi connectivity index (χ4n) is 2.41. The van der Waals surface area contributed by atoms with Crippen molar-refractivity contribution in [2.75, 3.05) is 6.61 Å². The van der Waals surface area contributed by atoms with E-state index >= 15 is 0 Å². The Hall–Kier alpha value is -1.84. The summed E-state index contributed by atoms with van der Waals surface area (Å²) in [7, 11) is 1.90.